The number of aromatic nitrogens is 1. The number of rotatable bonds is 5. The number of alkyl carbamates (subject to hydrolysis) is 1. The number of nitrogens with zero attached hydrogens (tertiary/aromatic N) is 1. The summed E-state index contributed by atoms with van der Waals surface area (Å²) in [6.07, 6.45) is 0.857. The first-order chi connectivity index (χ1) is 8.69. The van der Waals surface area contributed by atoms with Crippen LogP contribution in [0.4, 0.5) is 4.79 Å². The van der Waals surface area contributed by atoms with Crippen LogP contribution in [0.5, 0.6) is 0 Å². The third-order valence-corrected chi connectivity index (χ3v) is 2.04. The summed E-state index contributed by atoms with van der Waals surface area (Å²) in [5, 5.41) is 2.42. The molecule has 1 rings (SSSR count). The minimum Gasteiger partial charge on any atom is -0.464 e. The highest BCUT2D eigenvalue weighted by atomic mass is 16.6. The second-order valence-electron chi connectivity index (χ2n) is 3.30. The zero-order chi connectivity index (χ0) is 13.4. The summed E-state index contributed by atoms with van der Waals surface area (Å²) in [4.78, 5) is 27.1. The summed E-state index contributed by atoms with van der Waals surface area (Å²) in [5.74, 6) is -0.566. The van der Waals surface area contributed by atoms with E-state index >= 15 is 0 Å². The zero-order valence-corrected chi connectivity index (χ0v) is 10.4. The van der Waals surface area contributed by atoms with E-state index in [1.807, 2.05) is 0 Å². The summed E-state index contributed by atoms with van der Waals surface area (Å²) in [7, 11) is 0. The van der Waals surface area contributed by atoms with Crippen LogP contribution in [0.3, 0.4) is 0 Å². The largest absolute Gasteiger partial charge is 0.464 e. The molecule has 1 amide bonds. The van der Waals surface area contributed by atoms with Crippen LogP contribution in [0.2, 0.25) is 0 Å². The predicted molar refractivity (Wildman–Crippen MR) is 63.8 cm³/mol. The summed E-state index contributed by atoms with van der Waals surface area (Å²) in [6, 6.07) is 4.12. The summed E-state index contributed by atoms with van der Waals surface area (Å²) < 4.78 is 9.62. The Morgan fingerprint density at radius 2 is 2.00 bits per heavy atom. The lowest BCUT2D eigenvalue weighted by molar-refractivity contribution is -0.145. The Morgan fingerprint density at radius 3 is 2.56 bits per heavy atom. The first-order valence-corrected chi connectivity index (χ1v) is 5.69. The van der Waals surface area contributed by atoms with Crippen molar-refractivity contribution in [3.05, 3.63) is 30.1 Å². The number of nitrogens with one attached hydrogen (secondary N) is 1. The fourth-order valence-corrected chi connectivity index (χ4v) is 1.32. The van der Waals surface area contributed by atoms with Gasteiger partial charge >= 0.3 is 12.1 Å². The van der Waals surface area contributed by atoms with E-state index in [4.69, 9.17) is 9.47 Å². The van der Waals surface area contributed by atoms with Gasteiger partial charge in [0.25, 0.3) is 0 Å². The number of ether oxygens (including phenoxy) is 2. The Hall–Kier alpha value is -2.11. The number of carbonyl (C=O) groups is 2. The van der Waals surface area contributed by atoms with E-state index in [1.165, 1.54) is 6.20 Å². The van der Waals surface area contributed by atoms with Crippen molar-refractivity contribution in [2.45, 2.75) is 19.9 Å². The average Bonchev–Trinajstić information content (AvgIpc) is 2.37. The van der Waals surface area contributed by atoms with Crippen LogP contribution in [-0.2, 0) is 14.3 Å². The molecule has 1 aromatic rings. The van der Waals surface area contributed by atoms with E-state index in [2.05, 4.69) is 10.3 Å². The summed E-state index contributed by atoms with van der Waals surface area (Å²) in [5.41, 5.74) is 0.406. The number of pyridine rings is 1. The molecule has 0 aliphatic carbocycles. The summed E-state index contributed by atoms with van der Waals surface area (Å²) in [6.45, 7) is 3.83. The molecule has 1 N–H and O–H groups in total. The van der Waals surface area contributed by atoms with Gasteiger partial charge in [0.1, 0.15) is 0 Å². The van der Waals surface area contributed by atoms with Gasteiger partial charge in [0.05, 0.1) is 18.9 Å². The van der Waals surface area contributed by atoms with Crippen LogP contribution in [0.1, 0.15) is 25.6 Å². The van der Waals surface area contributed by atoms with Crippen molar-refractivity contribution >= 4 is 12.1 Å². The lowest BCUT2D eigenvalue weighted by Gasteiger charge is -2.16. The number of amides is 1. The van der Waals surface area contributed by atoms with Crippen molar-refractivity contribution in [3.8, 4) is 0 Å². The molecule has 1 atom stereocenters. The molecule has 0 saturated heterocycles. The Bertz CT molecular complexity index is 394. The number of carbonyl (C=O) groups excluding carboxylic acids is 2. The number of hydrogen-bond acceptors (Lipinski definition) is 5. The lowest BCUT2D eigenvalue weighted by atomic mass is 10.2. The average molecular weight is 252 g/mol. The van der Waals surface area contributed by atoms with Gasteiger partial charge in [-0.15, -0.1) is 0 Å². The molecule has 1 aromatic heterocycles. The van der Waals surface area contributed by atoms with E-state index in [0.29, 0.717) is 5.69 Å². The summed E-state index contributed by atoms with van der Waals surface area (Å²) >= 11 is 0. The second-order valence-corrected chi connectivity index (χ2v) is 3.30. The molecule has 0 saturated carbocycles. The molecule has 0 aliphatic rings. The molecular weight excluding hydrogens is 236 g/mol. The smallest absolute Gasteiger partial charge is 0.408 e. The van der Waals surface area contributed by atoms with Crippen LogP contribution in [-0.4, -0.2) is 30.3 Å². The molecule has 0 fully saturated rings. The van der Waals surface area contributed by atoms with Gasteiger partial charge in [-0.2, -0.15) is 0 Å². The standard InChI is InChI=1S/C12H16N2O4/c1-3-17-11(15)10(14-12(16)18-4-2)9-7-5-6-8-13-9/h5-8,10H,3-4H2,1-2H3,(H,14,16). The topological polar surface area (TPSA) is 77.5 Å². The second kappa shape index (κ2) is 7.26. The molecule has 1 heterocycles. The molecule has 18 heavy (non-hydrogen) atoms. The van der Waals surface area contributed by atoms with Crippen LogP contribution in [0.15, 0.2) is 24.4 Å². The third-order valence-electron chi connectivity index (χ3n) is 2.04. The van der Waals surface area contributed by atoms with Gasteiger partial charge in [-0.3, -0.25) is 4.98 Å². The van der Waals surface area contributed by atoms with Crippen molar-refractivity contribution < 1.29 is 19.1 Å². The van der Waals surface area contributed by atoms with Gasteiger partial charge in [-0.25, -0.2) is 9.59 Å². The Balaban J connectivity index is 2.82. The molecule has 1 unspecified atom stereocenters. The molecular formula is C12H16N2O4. The maximum absolute atomic E-state index is 11.8. The Morgan fingerprint density at radius 1 is 1.28 bits per heavy atom. The van der Waals surface area contributed by atoms with Crippen LogP contribution in [0.25, 0.3) is 0 Å². The first-order valence-electron chi connectivity index (χ1n) is 5.69. The van der Waals surface area contributed by atoms with Gasteiger partial charge in [-0.05, 0) is 26.0 Å². The molecule has 6 heteroatoms. The fraction of sp³-hybridized carbons (Fsp3) is 0.417. The monoisotopic (exact) mass is 252 g/mol. The van der Waals surface area contributed by atoms with Crippen molar-refractivity contribution in [1.82, 2.24) is 10.3 Å². The highest BCUT2D eigenvalue weighted by molar-refractivity contribution is 5.82. The minimum absolute atomic E-state index is 0.226. The molecule has 0 spiro atoms. The molecule has 98 valence electrons. The molecule has 0 aromatic carbocycles. The highest BCUT2D eigenvalue weighted by Gasteiger charge is 2.25. The molecule has 0 bridgehead atoms. The lowest BCUT2D eigenvalue weighted by Crippen LogP contribution is -2.35. The van der Waals surface area contributed by atoms with Crippen molar-refractivity contribution in [3.63, 3.8) is 0 Å². The van der Waals surface area contributed by atoms with Gasteiger partial charge in [0.2, 0.25) is 0 Å². The van der Waals surface area contributed by atoms with Gasteiger partial charge in [0, 0.05) is 6.20 Å². The quantitative estimate of drug-likeness (QED) is 0.802. The van der Waals surface area contributed by atoms with Crippen molar-refractivity contribution in [2.75, 3.05) is 13.2 Å². The normalized spacial score (nSPS) is 11.4. The Labute approximate surface area is 105 Å². The maximum Gasteiger partial charge on any atom is 0.408 e. The van der Waals surface area contributed by atoms with Gasteiger partial charge in [0.15, 0.2) is 6.04 Å². The zero-order valence-electron chi connectivity index (χ0n) is 10.4. The van der Waals surface area contributed by atoms with E-state index in [-0.39, 0.29) is 13.2 Å². The maximum atomic E-state index is 11.8. The van der Waals surface area contributed by atoms with E-state index in [1.54, 1.807) is 32.0 Å². The molecule has 0 aliphatic heterocycles. The third kappa shape index (κ3) is 4.04. The predicted octanol–water partition coefficient (Wildman–Crippen LogP) is 1.43. The van der Waals surface area contributed by atoms with E-state index in [0.717, 1.165) is 0 Å². The minimum atomic E-state index is -0.954. The fourth-order valence-electron chi connectivity index (χ4n) is 1.32. The van der Waals surface area contributed by atoms with Gasteiger partial charge < -0.3 is 14.8 Å². The molecule has 6 nitrogen and oxygen atoms in total. The van der Waals surface area contributed by atoms with Crippen molar-refractivity contribution in [2.24, 2.45) is 0 Å². The number of esters is 1. The Kier molecular flexibility index (Phi) is 5.63. The van der Waals surface area contributed by atoms with Crippen LogP contribution < -0.4 is 5.32 Å². The van der Waals surface area contributed by atoms with Crippen molar-refractivity contribution in [1.29, 1.82) is 0 Å². The highest BCUT2D eigenvalue weighted by Crippen LogP contribution is 2.11. The van der Waals surface area contributed by atoms with Crippen LogP contribution in [0, 0.1) is 0 Å². The van der Waals surface area contributed by atoms with Gasteiger partial charge in [-0.1, -0.05) is 6.07 Å². The van der Waals surface area contributed by atoms with E-state index in [9.17, 15) is 9.59 Å². The SMILES string of the molecule is CCOC(=O)NC(C(=O)OCC)c1ccccn1. The molecule has 0 radical (unpaired) electrons. The number of hydrogen-bond donors (Lipinski definition) is 1. The van der Waals surface area contributed by atoms with Crippen LogP contribution >= 0.6 is 0 Å². The van der Waals surface area contributed by atoms with E-state index < -0.39 is 18.1 Å². The first kappa shape index (κ1) is 14.0.